The first-order chi connectivity index (χ1) is 64.3. The molecule has 26 nitrogen and oxygen atoms in total. The lowest BCUT2D eigenvalue weighted by Gasteiger charge is -2.15. The van der Waals surface area contributed by atoms with Crippen LogP contribution in [0.3, 0.4) is 0 Å². The van der Waals surface area contributed by atoms with Gasteiger partial charge in [0.05, 0.1) is 88.2 Å². The highest BCUT2D eigenvalue weighted by molar-refractivity contribution is 6.25. The number of aromatic nitrogens is 16. The molecular weight excluding hydrogens is 1700 g/mol. The van der Waals surface area contributed by atoms with E-state index in [9.17, 15) is 40.3 Å². The summed E-state index contributed by atoms with van der Waals surface area (Å²) in [5.41, 5.74) is 13.9. The van der Waals surface area contributed by atoms with E-state index < -0.39 is 6.17 Å². The molecular formula is C99H85F7N18O8. The number of H-pyrrole nitrogens is 8. The van der Waals surface area contributed by atoms with Crippen LogP contribution in [0, 0.1) is 48.8 Å². The van der Waals surface area contributed by atoms with Crippen molar-refractivity contribution in [3.8, 4) is 23.0 Å². The number of carbonyl (C=O) groups excluding carboxylic acids is 2. The van der Waals surface area contributed by atoms with Gasteiger partial charge in [0.25, 0.3) is 0 Å². The van der Waals surface area contributed by atoms with Crippen LogP contribution in [0.15, 0.2) is 170 Å². The Kier molecular flexibility index (Phi) is 22.0. The Hall–Kier alpha value is -15.3. The highest BCUT2D eigenvalue weighted by atomic mass is 19.2. The summed E-state index contributed by atoms with van der Waals surface area (Å²) in [5, 5.41) is 40.1. The molecule has 10 aromatic heterocycles. The first kappa shape index (κ1) is 83.6. The van der Waals surface area contributed by atoms with E-state index in [1.807, 2.05) is 54.3 Å². The third kappa shape index (κ3) is 15.8. The van der Waals surface area contributed by atoms with Crippen molar-refractivity contribution < 1.29 is 68.7 Å². The summed E-state index contributed by atoms with van der Waals surface area (Å²) in [6, 6.07) is 47.0. The zero-order chi connectivity index (χ0) is 90.3. The van der Waals surface area contributed by atoms with Gasteiger partial charge in [0.2, 0.25) is 0 Å². The SMILES string of the molecule is CCOC(=O)c1ccc2[nH]c3c(OCC4CCCN4)c4[nH]c5ccc(C(=O)OCC)cc5c4cc3c2c1.Cc1nnn(CCCOc2c3[nH]c4ccc(F)cc4c3cc3c2[nH]c2ccc(F)cc23)n1.Cc1nnnn1CCCOc1c2[nH]c3ccc(F)cc3c2cc2c1[nH]c1ccc(F)cc12.Fc1ccc2[nH]c3c(OCCN4CC[C@@H](F)C4)c4[nH]c5ccc(F)cc5c4cc3c2c1. The number of halogens is 7. The molecule has 668 valence electrons. The van der Waals surface area contributed by atoms with Crippen molar-refractivity contribution in [1.29, 1.82) is 0 Å². The number of fused-ring (bicyclic) bond motifs is 24. The maximum atomic E-state index is 14.0. The topological polar surface area (TPSA) is 318 Å². The number of ether oxygens (including phenoxy) is 6. The Morgan fingerprint density at radius 1 is 0.394 bits per heavy atom. The highest BCUT2D eigenvalue weighted by Gasteiger charge is 2.28. The summed E-state index contributed by atoms with van der Waals surface area (Å²) in [6.45, 7) is 13.6. The fourth-order valence-electron chi connectivity index (χ4n) is 18.5. The molecule has 24 rings (SSSR count). The molecule has 12 aromatic carbocycles. The smallest absolute Gasteiger partial charge is 0.338 e. The molecule has 0 aliphatic carbocycles. The molecule has 0 saturated carbocycles. The number of tetrazole rings is 2. The number of carbonyl (C=O) groups is 2. The van der Waals surface area contributed by atoms with Gasteiger partial charge in [-0.2, -0.15) is 4.80 Å². The van der Waals surface area contributed by atoms with Gasteiger partial charge in [-0.05, 0) is 239 Å². The molecule has 22 aromatic rings. The number of likely N-dealkylation sites (tertiary alicyclic amines) is 1. The van der Waals surface area contributed by atoms with Crippen LogP contribution in [0.4, 0.5) is 30.7 Å². The number of esters is 2. The van der Waals surface area contributed by atoms with Crippen LogP contribution in [0.1, 0.15) is 78.3 Å². The van der Waals surface area contributed by atoms with E-state index in [4.69, 9.17) is 28.4 Å². The average Bonchev–Trinajstić information content (AvgIpc) is 1.59. The fourth-order valence-corrected chi connectivity index (χ4v) is 18.5. The van der Waals surface area contributed by atoms with E-state index in [0.717, 1.165) is 212 Å². The lowest BCUT2D eigenvalue weighted by molar-refractivity contribution is 0.0517. The Balaban J connectivity index is 0.000000106. The van der Waals surface area contributed by atoms with Crippen molar-refractivity contribution in [2.24, 2.45) is 0 Å². The molecule has 132 heavy (non-hydrogen) atoms. The number of hydrogen-bond acceptors (Lipinski definition) is 16. The minimum absolute atomic E-state index is 0.296. The molecule has 0 amide bonds. The number of nitrogens with zero attached hydrogens (tertiary/aromatic N) is 9. The van der Waals surface area contributed by atoms with Gasteiger partial charge in [0.15, 0.2) is 28.8 Å². The van der Waals surface area contributed by atoms with Crippen molar-refractivity contribution in [2.45, 2.75) is 85.1 Å². The first-order valence-corrected chi connectivity index (χ1v) is 43.8. The molecule has 2 fully saturated rings. The van der Waals surface area contributed by atoms with Gasteiger partial charge in [0, 0.05) is 175 Å². The molecule has 0 radical (unpaired) electrons. The standard InChI is InChI=1S/C29H29N3O5.C24H20F3N3O.2C23H18F2N6O/c1-3-35-28(33)16-7-9-23-19(12-16)21-14-22-20-13-17(29(34)36-4-2)8-10-24(20)32-26(22)27(25(21)31-23)37-15-18-6-5-11-30-18;25-13-1-3-20-16(9-13)18-11-19-17-10-14(26)2-4-21(17)29-23(19)24(22(18)28-20)31-8-7-30-6-5-15(27)12-30;1-12-28-29-30-31(12)7-2-8-32-23-21-17(15-9-13(24)3-5-19(15)26-21)11-18-16-10-14(25)4-6-20(16)27-22(18)23;1-12-28-30-31(29-12)7-2-8-32-23-21-17(15-9-13(24)3-5-19(15)26-21)11-18-16-10-14(25)4-6-20(16)27-22(18)23/h7-10,12-14,18,30-32H,3-6,11,15H2,1-2H3;1-4,9-11,15,28-29H,5-8,12H2;2*3-6,9-11,26-27H,2,7-8H2,1H3/t;15-;;/m.1../s1. The maximum Gasteiger partial charge on any atom is 0.338 e. The lowest BCUT2D eigenvalue weighted by atomic mass is 10.0. The molecule has 2 aliphatic rings. The molecule has 2 saturated heterocycles. The molecule has 2 atom stereocenters. The molecule has 9 N–H and O–H groups in total. The van der Waals surface area contributed by atoms with E-state index in [1.165, 1.54) is 77.6 Å². The lowest BCUT2D eigenvalue weighted by Crippen LogP contribution is -2.28. The van der Waals surface area contributed by atoms with E-state index in [1.54, 1.807) is 74.0 Å². The fraction of sp³-hybridized carbons (Fsp3) is 0.232. The minimum atomic E-state index is -0.776. The van der Waals surface area contributed by atoms with Gasteiger partial charge >= 0.3 is 11.9 Å². The summed E-state index contributed by atoms with van der Waals surface area (Å²) < 4.78 is 135. The number of aryl methyl sites for hydroxylation is 4. The van der Waals surface area contributed by atoms with Gasteiger partial charge < -0.3 is 73.6 Å². The summed E-state index contributed by atoms with van der Waals surface area (Å²) in [7, 11) is 0. The number of hydrogen-bond donors (Lipinski definition) is 9. The second-order valence-corrected chi connectivity index (χ2v) is 33.2. The Bertz CT molecular complexity index is 7900. The summed E-state index contributed by atoms with van der Waals surface area (Å²) in [6.07, 6.45) is 3.35. The van der Waals surface area contributed by atoms with Crippen LogP contribution >= 0.6 is 0 Å². The average molecular weight is 1790 g/mol. The zero-order valence-corrected chi connectivity index (χ0v) is 71.8. The quantitative estimate of drug-likeness (QED) is 0.0183. The van der Waals surface area contributed by atoms with Crippen molar-refractivity contribution in [1.82, 2.24) is 90.5 Å². The van der Waals surface area contributed by atoms with Crippen LogP contribution in [0.5, 0.6) is 23.0 Å². The number of benzene rings is 12. The molecule has 1 unspecified atom stereocenters. The van der Waals surface area contributed by atoms with Crippen LogP contribution < -0.4 is 24.3 Å². The van der Waals surface area contributed by atoms with Crippen LogP contribution in [0.25, 0.3) is 174 Å². The second-order valence-electron chi connectivity index (χ2n) is 33.2. The van der Waals surface area contributed by atoms with Gasteiger partial charge in [-0.15, -0.1) is 15.3 Å². The number of alkyl halides is 1. The minimum Gasteiger partial charge on any atom is -0.489 e. The highest BCUT2D eigenvalue weighted by Crippen LogP contribution is 2.47. The maximum absolute atomic E-state index is 14.0. The summed E-state index contributed by atoms with van der Waals surface area (Å²) >= 11 is 0. The Morgan fingerprint density at radius 2 is 0.742 bits per heavy atom. The molecule has 2 aliphatic heterocycles. The largest absolute Gasteiger partial charge is 0.489 e. The van der Waals surface area contributed by atoms with Gasteiger partial charge in [-0.1, -0.05) is 0 Å². The van der Waals surface area contributed by atoms with Crippen LogP contribution in [-0.2, 0) is 22.6 Å². The predicted molar refractivity (Wildman–Crippen MR) is 496 cm³/mol. The summed E-state index contributed by atoms with van der Waals surface area (Å²) in [4.78, 5) is 55.6. The monoisotopic (exact) mass is 1790 g/mol. The van der Waals surface area contributed by atoms with Gasteiger partial charge in [-0.3, -0.25) is 4.90 Å². The zero-order valence-electron chi connectivity index (χ0n) is 71.8. The van der Waals surface area contributed by atoms with E-state index >= 15 is 0 Å². The molecule has 0 bridgehead atoms. The third-order valence-electron chi connectivity index (χ3n) is 24.7. The number of aromatic amines is 8. The van der Waals surface area contributed by atoms with Crippen LogP contribution in [-0.4, -0.2) is 175 Å². The van der Waals surface area contributed by atoms with E-state index in [-0.39, 0.29) is 46.8 Å². The Labute approximate surface area is 743 Å². The number of nitrogens with one attached hydrogen (secondary N) is 9. The third-order valence-corrected chi connectivity index (χ3v) is 24.7. The van der Waals surface area contributed by atoms with Crippen LogP contribution in [0.2, 0.25) is 0 Å². The number of rotatable bonds is 21. The summed E-state index contributed by atoms with van der Waals surface area (Å²) in [5.74, 6) is 1.32. The first-order valence-electron chi connectivity index (χ1n) is 43.8. The van der Waals surface area contributed by atoms with Gasteiger partial charge in [-0.25, -0.2) is 45.0 Å². The van der Waals surface area contributed by atoms with Gasteiger partial charge in [0.1, 0.15) is 60.1 Å². The predicted octanol–water partition coefficient (Wildman–Crippen LogP) is 21.1. The van der Waals surface area contributed by atoms with Crippen molar-refractivity contribution in [3.63, 3.8) is 0 Å². The Morgan fingerprint density at radius 3 is 1.06 bits per heavy atom. The second kappa shape index (κ2) is 34.6. The molecule has 12 heterocycles. The van der Waals surface area contributed by atoms with Crippen molar-refractivity contribution in [2.75, 3.05) is 65.8 Å². The molecule has 0 spiro atoms. The van der Waals surface area contributed by atoms with E-state index in [0.29, 0.717) is 125 Å². The van der Waals surface area contributed by atoms with Crippen molar-refractivity contribution in [3.05, 3.63) is 228 Å². The molecule has 33 heteroatoms. The normalized spacial score (nSPS) is 14.3. The van der Waals surface area contributed by atoms with Crippen molar-refractivity contribution >= 4 is 186 Å². The van der Waals surface area contributed by atoms with E-state index in [2.05, 4.69) is 82.2 Å².